The van der Waals surface area contributed by atoms with Crippen molar-refractivity contribution in [2.24, 2.45) is 0 Å². The molecule has 0 aliphatic heterocycles. The monoisotopic (exact) mass is 374 g/mol. The first-order valence-corrected chi connectivity index (χ1v) is 7.44. The molecular weight excluding hydrogens is 361 g/mol. The second kappa shape index (κ2) is 6.84. The molecule has 0 atom stereocenters. The molecule has 0 saturated carbocycles. The highest BCUT2D eigenvalue weighted by Crippen LogP contribution is 2.26. The predicted octanol–water partition coefficient (Wildman–Crippen LogP) is 4.52. The largest absolute Gasteiger partial charge is 0.486 e. The number of aryl methyl sites for hydroxylation is 1. The highest BCUT2D eigenvalue weighted by atomic mass is 127. The zero-order valence-corrected chi connectivity index (χ0v) is 12.4. The van der Waals surface area contributed by atoms with Crippen LogP contribution < -0.4 is 4.74 Å². The first-order chi connectivity index (χ1) is 9.20. The number of ether oxygens (including phenoxy) is 1. The summed E-state index contributed by atoms with van der Waals surface area (Å²) in [6, 6.07) is 11.7. The quantitative estimate of drug-likeness (QED) is 0.552. The summed E-state index contributed by atoms with van der Waals surface area (Å²) in [5, 5.41) is 0. The Bertz CT molecular complexity index is 543. The topological polar surface area (TPSA) is 9.23 Å². The highest BCUT2D eigenvalue weighted by Gasteiger charge is 2.12. The summed E-state index contributed by atoms with van der Waals surface area (Å²) in [6.07, 6.45) is 0.583. The van der Waals surface area contributed by atoms with Crippen LogP contribution in [0, 0.1) is 11.6 Å². The summed E-state index contributed by atoms with van der Waals surface area (Å²) in [6.45, 7) is 0.275. The third-order valence-electron chi connectivity index (χ3n) is 2.68. The Balaban J connectivity index is 2.19. The van der Waals surface area contributed by atoms with Crippen molar-refractivity contribution in [2.45, 2.75) is 13.0 Å². The van der Waals surface area contributed by atoms with Gasteiger partial charge in [-0.05, 0) is 18.1 Å². The van der Waals surface area contributed by atoms with Crippen molar-refractivity contribution in [3.8, 4) is 5.75 Å². The van der Waals surface area contributed by atoms with E-state index >= 15 is 0 Å². The number of hydrogen-bond acceptors (Lipinski definition) is 1. The molecule has 0 amide bonds. The lowest BCUT2D eigenvalue weighted by atomic mass is 10.1. The molecule has 0 radical (unpaired) electrons. The van der Waals surface area contributed by atoms with Gasteiger partial charge in [-0.15, -0.1) is 0 Å². The van der Waals surface area contributed by atoms with Gasteiger partial charge in [0.25, 0.3) is 0 Å². The molecule has 0 unspecified atom stereocenters. The minimum Gasteiger partial charge on any atom is -0.486 e. The van der Waals surface area contributed by atoms with Crippen LogP contribution in [0.5, 0.6) is 5.75 Å². The SMILES string of the molecule is Fc1cc(F)c(OCc2ccccc2)c(CCI)c1. The van der Waals surface area contributed by atoms with Crippen LogP contribution in [0.2, 0.25) is 0 Å². The number of rotatable bonds is 5. The number of halogens is 3. The Kier molecular flexibility index (Phi) is 5.13. The Morgan fingerprint density at radius 3 is 2.47 bits per heavy atom. The minimum atomic E-state index is -0.643. The number of alkyl halides is 1. The third-order valence-corrected chi connectivity index (χ3v) is 3.21. The first-order valence-electron chi connectivity index (χ1n) is 5.91. The van der Waals surface area contributed by atoms with Gasteiger partial charge in [-0.1, -0.05) is 52.9 Å². The Morgan fingerprint density at radius 1 is 1.05 bits per heavy atom. The highest BCUT2D eigenvalue weighted by molar-refractivity contribution is 14.1. The van der Waals surface area contributed by atoms with Crippen molar-refractivity contribution >= 4 is 22.6 Å². The van der Waals surface area contributed by atoms with Crippen LogP contribution in [0.3, 0.4) is 0 Å². The first kappa shape index (κ1) is 14.2. The van der Waals surface area contributed by atoms with Crippen LogP contribution in [-0.2, 0) is 13.0 Å². The van der Waals surface area contributed by atoms with Gasteiger partial charge >= 0.3 is 0 Å². The van der Waals surface area contributed by atoms with Crippen molar-refractivity contribution in [1.29, 1.82) is 0 Å². The molecule has 100 valence electrons. The smallest absolute Gasteiger partial charge is 0.168 e. The van der Waals surface area contributed by atoms with Crippen molar-refractivity contribution < 1.29 is 13.5 Å². The maximum absolute atomic E-state index is 13.8. The molecule has 0 saturated heterocycles. The average molecular weight is 374 g/mol. The van der Waals surface area contributed by atoms with Gasteiger partial charge in [-0.3, -0.25) is 0 Å². The Labute approximate surface area is 124 Å². The van der Waals surface area contributed by atoms with Crippen molar-refractivity contribution in [1.82, 2.24) is 0 Å². The summed E-state index contributed by atoms with van der Waals surface area (Å²) >= 11 is 2.17. The van der Waals surface area contributed by atoms with E-state index in [-0.39, 0.29) is 12.4 Å². The van der Waals surface area contributed by atoms with Crippen molar-refractivity contribution in [3.05, 3.63) is 65.2 Å². The molecule has 0 bridgehead atoms. The molecular formula is C15H13F2IO. The zero-order valence-electron chi connectivity index (χ0n) is 10.2. The molecule has 0 aromatic heterocycles. The molecule has 0 aliphatic carbocycles. The molecule has 2 rings (SSSR count). The number of benzene rings is 2. The standard InChI is InChI=1S/C15H13F2IO/c16-13-8-12(6-7-18)15(14(17)9-13)19-10-11-4-2-1-3-5-11/h1-5,8-9H,6-7,10H2. The lowest BCUT2D eigenvalue weighted by Crippen LogP contribution is -2.02. The van der Waals surface area contributed by atoms with Crippen LogP contribution in [0.4, 0.5) is 8.78 Å². The summed E-state index contributed by atoms with van der Waals surface area (Å²) in [5.74, 6) is -1.05. The maximum Gasteiger partial charge on any atom is 0.168 e. The molecule has 0 N–H and O–H groups in total. The van der Waals surface area contributed by atoms with Crippen LogP contribution >= 0.6 is 22.6 Å². The maximum atomic E-state index is 13.8. The van der Waals surface area contributed by atoms with Gasteiger partial charge in [0, 0.05) is 16.1 Å². The van der Waals surface area contributed by atoms with Gasteiger partial charge in [-0.25, -0.2) is 8.78 Å². The summed E-state index contributed by atoms with van der Waals surface area (Å²) in [4.78, 5) is 0. The molecule has 0 aliphatic rings. The van der Waals surface area contributed by atoms with Crippen molar-refractivity contribution in [2.75, 3.05) is 4.43 Å². The normalized spacial score (nSPS) is 10.5. The van der Waals surface area contributed by atoms with Gasteiger partial charge in [-0.2, -0.15) is 0 Å². The molecule has 0 heterocycles. The minimum absolute atomic E-state index is 0.155. The van der Waals surface area contributed by atoms with Gasteiger partial charge in [0.2, 0.25) is 0 Å². The van der Waals surface area contributed by atoms with Gasteiger partial charge in [0.05, 0.1) is 0 Å². The third kappa shape index (κ3) is 3.89. The molecule has 1 nitrogen and oxygen atoms in total. The van der Waals surface area contributed by atoms with Gasteiger partial charge < -0.3 is 4.74 Å². The molecule has 2 aromatic carbocycles. The Morgan fingerprint density at radius 2 is 1.79 bits per heavy atom. The molecule has 19 heavy (non-hydrogen) atoms. The van der Waals surface area contributed by atoms with E-state index in [2.05, 4.69) is 22.6 Å². The second-order valence-electron chi connectivity index (χ2n) is 4.09. The van der Waals surface area contributed by atoms with E-state index in [9.17, 15) is 8.78 Å². The summed E-state index contributed by atoms with van der Waals surface area (Å²) < 4.78 is 33.3. The summed E-state index contributed by atoms with van der Waals surface area (Å²) in [7, 11) is 0. The van der Waals surface area contributed by atoms with Crippen LogP contribution in [0.1, 0.15) is 11.1 Å². The Hall–Kier alpha value is -1.17. The second-order valence-corrected chi connectivity index (χ2v) is 5.17. The fourth-order valence-corrected chi connectivity index (χ4v) is 2.37. The van der Waals surface area contributed by atoms with Crippen LogP contribution in [0.25, 0.3) is 0 Å². The van der Waals surface area contributed by atoms with Gasteiger partial charge in [0.1, 0.15) is 12.4 Å². The van der Waals surface area contributed by atoms with E-state index in [1.165, 1.54) is 6.07 Å². The lowest BCUT2D eigenvalue weighted by molar-refractivity contribution is 0.286. The van der Waals surface area contributed by atoms with E-state index in [1.807, 2.05) is 30.3 Å². The van der Waals surface area contributed by atoms with Crippen LogP contribution in [0.15, 0.2) is 42.5 Å². The zero-order chi connectivity index (χ0) is 13.7. The van der Waals surface area contributed by atoms with E-state index in [0.717, 1.165) is 16.1 Å². The lowest BCUT2D eigenvalue weighted by Gasteiger charge is -2.12. The molecule has 0 fully saturated rings. The van der Waals surface area contributed by atoms with E-state index < -0.39 is 11.6 Å². The predicted molar refractivity (Wildman–Crippen MR) is 79.7 cm³/mol. The van der Waals surface area contributed by atoms with Crippen LogP contribution in [-0.4, -0.2) is 4.43 Å². The molecule has 2 aromatic rings. The van der Waals surface area contributed by atoms with Crippen molar-refractivity contribution in [3.63, 3.8) is 0 Å². The van der Waals surface area contributed by atoms with E-state index in [0.29, 0.717) is 12.0 Å². The summed E-state index contributed by atoms with van der Waals surface area (Å²) in [5.41, 5.74) is 1.52. The molecule has 4 heteroatoms. The fraction of sp³-hybridized carbons (Fsp3) is 0.200. The van der Waals surface area contributed by atoms with E-state index in [4.69, 9.17) is 4.74 Å². The average Bonchev–Trinajstić information content (AvgIpc) is 2.39. The number of hydrogen-bond donors (Lipinski definition) is 0. The fourth-order valence-electron chi connectivity index (χ4n) is 1.79. The molecule has 0 spiro atoms. The van der Waals surface area contributed by atoms with Gasteiger partial charge in [0.15, 0.2) is 11.6 Å². The van der Waals surface area contributed by atoms with E-state index in [1.54, 1.807) is 0 Å².